The molecule has 0 bridgehead atoms. The van der Waals surface area contributed by atoms with Crippen molar-refractivity contribution in [2.45, 2.75) is 0 Å². The molecular formula is C48H33N. The van der Waals surface area contributed by atoms with E-state index >= 15 is 0 Å². The molecule has 0 aliphatic heterocycles. The van der Waals surface area contributed by atoms with Gasteiger partial charge in [-0.05, 0) is 96.5 Å². The summed E-state index contributed by atoms with van der Waals surface area (Å²) in [5, 5.41) is 7.55. The Labute approximate surface area is 287 Å². The number of para-hydroxylation sites is 1. The number of benzene rings is 9. The molecule has 1 nitrogen and oxygen atoms in total. The summed E-state index contributed by atoms with van der Waals surface area (Å²) >= 11 is 0. The van der Waals surface area contributed by atoms with E-state index in [0.29, 0.717) is 0 Å². The van der Waals surface area contributed by atoms with E-state index in [2.05, 4.69) is 205 Å². The fourth-order valence-corrected chi connectivity index (χ4v) is 7.35. The van der Waals surface area contributed by atoms with Crippen molar-refractivity contribution in [2.75, 3.05) is 4.90 Å². The number of hydrogen-bond donors (Lipinski definition) is 0. The van der Waals surface area contributed by atoms with Gasteiger partial charge in [-0.3, -0.25) is 0 Å². The van der Waals surface area contributed by atoms with E-state index in [0.717, 1.165) is 17.1 Å². The van der Waals surface area contributed by atoms with Crippen LogP contribution in [0, 0.1) is 0 Å². The Balaban J connectivity index is 1.27. The van der Waals surface area contributed by atoms with Gasteiger partial charge in [-0.25, -0.2) is 0 Å². The second-order valence-electron chi connectivity index (χ2n) is 12.5. The molecule has 9 rings (SSSR count). The molecule has 9 aromatic rings. The summed E-state index contributed by atoms with van der Waals surface area (Å²) in [5.41, 5.74) is 10.5. The van der Waals surface area contributed by atoms with Gasteiger partial charge < -0.3 is 4.90 Å². The first-order valence-electron chi connectivity index (χ1n) is 16.9. The Morgan fingerprint density at radius 1 is 0.265 bits per heavy atom. The summed E-state index contributed by atoms with van der Waals surface area (Å²) < 4.78 is 0. The van der Waals surface area contributed by atoms with E-state index in [1.54, 1.807) is 0 Å². The van der Waals surface area contributed by atoms with Crippen LogP contribution in [0.15, 0.2) is 200 Å². The predicted octanol–water partition coefficient (Wildman–Crippen LogP) is 13.6. The zero-order valence-electron chi connectivity index (χ0n) is 27.0. The zero-order valence-corrected chi connectivity index (χ0v) is 27.0. The molecule has 0 aromatic heterocycles. The van der Waals surface area contributed by atoms with Crippen LogP contribution < -0.4 is 4.90 Å². The molecule has 9 aromatic carbocycles. The Kier molecular flexibility index (Phi) is 7.22. The first-order chi connectivity index (χ1) is 24.3. The number of fused-ring (bicyclic) bond motifs is 4. The number of rotatable bonds is 6. The van der Waals surface area contributed by atoms with Crippen molar-refractivity contribution in [3.8, 4) is 33.4 Å². The second kappa shape index (κ2) is 12.3. The van der Waals surface area contributed by atoms with Gasteiger partial charge in [-0.1, -0.05) is 164 Å². The fraction of sp³-hybridized carbons (Fsp3) is 0. The van der Waals surface area contributed by atoms with Gasteiger partial charge in [0.2, 0.25) is 0 Å². The van der Waals surface area contributed by atoms with Crippen LogP contribution in [0.2, 0.25) is 0 Å². The minimum Gasteiger partial charge on any atom is -0.310 e. The van der Waals surface area contributed by atoms with E-state index in [4.69, 9.17) is 0 Å². The average Bonchev–Trinajstić information content (AvgIpc) is 3.18. The Hall–Kier alpha value is -6.44. The van der Waals surface area contributed by atoms with E-state index in [1.165, 1.54) is 65.7 Å². The maximum Gasteiger partial charge on any atom is 0.0540 e. The quantitative estimate of drug-likeness (QED) is 0.167. The Morgan fingerprint density at radius 3 is 1.55 bits per heavy atom. The second-order valence-corrected chi connectivity index (χ2v) is 12.5. The fourth-order valence-electron chi connectivity index (χ4n) is 7.35. The van der Waals surface area contributed by atoms with Crippen LogP contribution in [0.3, 0.4) is 0 Å². The van der Waals surface area contributed by atoms with Gasteiger partial charge in [0.15, 0.2) is 0 Å². The van der Waals surface area contributed by atoms with E-state index in [1.807, 2.05) is 0 Å². The Bertz CT molecular complexity index is 2610. The van der Waals surface area contributed by atoms with Crippen molar-refractivity contribution in [3.63, 3.8) is 0 Å². The normalized spacial score (nSPS) is 11.3. The lowest BCUT2D eigenvalue weighted by Gasteiger charge is -2.29. The molecule has 0 saturated carbocycles. The smallest absolute Gasteiger partial charge is 0.0540 e. The van der Waals surface area contributed by atoms with Crippen molar-refractivity contribution in [1.29, 1.82) is 0 Å². The van der Waals surface area contributed by atoms with Gasteiger partial charge in [0.25, 0.3) is 0 Å². The van der Waals surface area contributed by atoms with Crippen molar-refractivity contribution in [1.82, 2.24) is 0 Å². The maximum atomic E-state index is 2.42. The molecule has 0 atom stereocenters. The summed E-state index contributed by atoms with van der Waals surface area (Å²) in [7, 11) is 0. The third-order valence-electron chi connectivity index (χ3n) is 9.62. The molecule has 0 saturated heterocycles. The summed E-state index contributed by atoms with van der Waals surface area (Å²) in [4.78, 5) is 2.42. The standard InChI is InChI=1S/C48H33N/c1-2-15-35(16-3-1)44-26-10-11-30-48(44)49(39-22-12-20-36(31-39)42-29-14-19-34-17-4-6-24-41(34)42)40-23-13-21-37(32-40)47-33-38-18-5-7-25-43(38)45-27-8-9-28-46(45)47/h1-33H. The van der Waals surface area contributed by atoms with Crippen LogP contribution >= 0.6 is 0 Å². The number of nitrogens with zero attached hydrogens (tertiary/aromatic N) is 1. The van der Waals surface area contributed by atoms with Crippen molar-refractivity contribution in [2.24, 2.45) is 0 Å². The lowest BCUT2D eigenvalue weighted by atomic mass is 9.93. The molecule has 0 fully saturated rings. The van der Waals surface area contributed by atoms with Gasteiger partial charge >= 0.3 is 0 Å². The van der Waals surface area contributed by atoms with Gasteiger partial charge in [0.1, 0.15) is 0 Å². The molecule has 1 heteroatoms. The molecule has 0 aliphatic rings. The molecule has 230 valence electrons. The third-order valence-corrected chi connectivity index (χ3v) is 9.62. The third kappa shape index (κ3) is 5.23. The molecule has 0 spiro atoms. The van der Waals surface area contributed by atoms with Gasteiger partial charge in [-0.2, -0.15) is 0 Å². The average molecular weight is 624 g/mol. The highest BCUT2D eigenvalue weighted by Gasteiger charge is 2.19. The molecule has 0 unspecified atom stereocenters. The topological polar surface area (TPSA) is 3.24 Å². The highest BCUT2D eigenvalue weighted by Crippen LogP contribution is 2.44. The first kappa shape index (κ1) is 28.8. The summed E-state index contributed by atoms with van der Waals surface area (Å²) in [6, 6.07) is 72.5. The lowest BCUT2D eigenvalue weighted by Crippen LogP contribution is -2.11. The maximum absolute atomic E-state index is 2.42. The predicted molar refractivity (Wildman–Crippen MR) is 210 cm³/mol. The highest BCUT2D eigenvalue weighted by atomic mass is 15.1. The van der Waals surface area contributed by atoms with E-state index in [9.17, 15) is 0 Å². The van der Waals surface area contributed by atoms with Crippen LogP contribution in [0.25, 0.3) is 65.7 Å². The lowest BCUT2D eigenvalue weighted by molar-refractivity contribution is 1.28. The molecule has 0 aliphatic carbocycles. The zero-order chi connectivity index (χ0) is 32.6. The van der Waals surface area contributed by atoms with Gasteiger partial charge in [0.05, 0.1) is 5.69 Å². The summed E-state index contributed by atoms with van der Waals surface area (Å²) in [6.07, 6.45) is 0. The summed E-state index contributed by atoms with van der Waals surface area (Å²) in [6.45, 7) is 0. The van der Waals surface area contributed by atoms with Crippen LogP contribution in [0.4, 0.5) is 17.1 Å². The minimum absolute atomic E-state index is 1.10. The molecule has 0 radical (unpaired) electrons. The van der Waals surface area contributed by atoms with Crippen LogP contribution in [0.5, 0.6) is 0 Å². The highest BCUT2D eigenvalue weighted by molar-refractivity contribution is 6.14. The molecule has 49 heavy (non-hydrogen) atoms. The number of anilines is 3. The van der Waals surface area contributed by atoms with E-state index < -0.39 is 0 Å². The molecule has 0 amide bonds. The van der Waals surface area contributed by atoms with Crippen molar-refractivity contribution >= 4 is 49.4 Å². The van der Waals surface area contributed by atoms with Gasteiger partial charge in [-0.15, -0.1) is 0 Å². The SMILES string of the molecule is c1ccc(-c2ccccc2N(c2cccc(-c3cccc4ccccc34)c2)c2cccc(-c3cc4ccccc4c4ccccc34)c2)cc1. The van der Waals surface area contributed by atoms with Gasteiger partial charge in [0, 0.05) is 16.9 Å². The minimum atomic E-state index is 1.10. The molecular weight excluding hydrogens is 591 g/mol. The number of hydrogen-bond acceptors (Lipinski definition) is 1. The van der Waals surface area contributed by atoms with Crippen LogP contribution in [0.1, 0.15) is 0 Å². The van der Waals surface area contributed by atoms with Crippen molar-refractivity contribution < 1.29 is 0 Å². The van der Waals surface area contributed by atoms with Crippen molar-refractivity contribution in [3.05, 3.63) is 200 Å². The molecule has 0 N–H and O–H groups in total. The largest absolute Gasteiger partial charge is 0.310 e. The van der Waals surface area contributed by atoms with Crippen LogP contribution in [-0.4, -0.2) is 0 Å². The monoisotopic (exact) mass is 623 g/mol. The first-order valence-corrected chi connectivity index (χ1v) is 16.9. The molecule has 0 heterocycles. The van der Waals surface area contributed by atoms with Crippen LogP contribution in [-0.2, 0) is 0 Å². The van der Waals surface area contributed by atoms with E-state index in [-0.39, 0.29) is 0 Å². The summed E-state index contributed by atoms with van der Waals surface area (Å²) in [5.74, 6) is 0. The Morgan fingerprint density at radius 2 is 0.776 bits per heavy atom.